The summed E-state index contributed by atoms with van der Waals surface area (Å²) in [6, 6.07) is 29.3. The first-order valence-electron chi connectivity index (χ1n) is 11.3. The number of hydrogen-bond acceptors (Lipinski definition) is 6. The number of rotatable bonds is 6. The summed E-state index contributed by atoms with van der Waals surface area (Å²) in [6.07, 6.45) is 1.50. The lowest BCUT2D eigenvalue weighted by atomic mass is 10.0. The molecule has 5 rings (SSSR count). The Bertz CT molecular complexity index is 1570. The Morgan fingerprint density at radius 3 is 2.42 bits per heavy atom. The van der Waals surface area contributed by atoms with Crippen LogP contribution in [0, 0.1) is 6.92 Å². The minimum atomic E-state index is -0.432. The standard InChI is InChI=1S/C29H21N3O4/c1-19-26(27(32-36-19)22-9-3-2-4-10-22)28(33)31-30-18-20-14-16-23(17-15-20)35-29(34)25-13-7-11-21-8-5-6-12-24(21)25/h2-18H,1H3,(H,31,33)/b30-18+. The Balaban J connectivity index is 1.24. The van der Waals surface area contributed by atoms with E-state index < -0.39 is 11.9 Å². The lowest BCUT2D eigenvalue weighted by molar-refractivity contribution is 0.0736. The smallest absolute Gasteiger partial charge is 0.344 e. The zero-order chi connectivity index (χ0) is 24.9. The molecule has 0 atom stereocenters. The first-order valence-corrected chi connectivity index (χ1v) is 11.3. The molecule has 0 fully saturated rings. The third kappa shape index (κ3) is 4.76. The van der Waals surface area contributed by atoms with Crippen molar-refractivity contribution < 1.29 is 18.8 Å². The quantitative estimate of drug-likeness (QED) is 0.145. The number of fused-ring (bicyclic) bond motifs is 1. The van der Waals surface area contributed by atoms with Crippen LogP contribution in [0.2, 0.25) is 0 Å². The fourth-order valence-corrected chi connectivity index (χ4v) is 3.84. The Morgan fingerprint density at radius 1 is 0.889 bits per heavy atom. The second kappa shape index (κ2) is 10.1. The molecule has 0 aliphatic heterocycles. The average molecular weight is 476 g/mol. The maximum absolute atomic E-state index is 12.7. The molecule has 1 heterocycles. The van der Waals surface area contributed by atoms with Gasteiger partial charge in [0.1, 0.15) is 22.8 Å². The molecule has 0 aliphatic carbocycles. The van der Waals surface area contributed by atoms with Gasteiger partial charge in [0.2, 0.25) is 0 Å². The highest BCUT2D eigenvalue weighted by Gasteiger charge is 2.21. The van der Waals surface area contributed by atoms with Crippen LogP contribution in [0.5, 0.6) is 5.75 Å². The molecule has 7 heteroatoms. The largest absolute Gasteiger partial charge is 0.423 e. The van der Waals surface area contributed by atoms with Crippen LogP contribution in [-0.2, 0) is 0 Å². The molecule has 36 heavy (non-hydrogen) atoms. The van der Waals surface area contributed by atoms with Gasteiger partial charge in [-0.25, -0.2) is 10.2 Å². The molecular weight excluding hydrogens is 454 g/mol. The molecule has 4 aromatic carbocycles. The topological polar surface area (TPSA) is 93.8 Å². The zero-order valence-corrected chi connectivity index (χ0v) is 19.3. The summed E-state index contributed by atoms with van der Waals surface area (Å²) in [5.74, 6) is -0.0519. The van der Waals surface area contributed by atoms with Crippen molar-refractivity contribution in [3.63, 3.8) is 0 Å². The number of amides is 1. The van der Waals surface area contributed by atoms with Gasteiger partial charge in [0, 0.05) is 5.56 Å². The fraction of sp³-hybridized carbons (Fsp3) is 0.0345. The normalized spacial score (nSPS) is 11.0. The summed E-state index contributed by atoms with van der Waals surface area (Å²) < 4.78 is 10.8. The number of hydrogen-bond donors (Lipinski definition) is 1. The number of nitrogens with one attached hydrogen (secondary N) is 1. The van der Waals surface area contributed by atoms with E-state index in [4.69, 9.17) is 9.26 Å². The number of aryl methyl sites for hydroxylation is 1. The van der Waals surface area contributed by atoms with Crippen LogP contribution in [0.3, 0.4) is 0 Å². The minimum absolute atomic E-state index is 0.328. The molecule has 1 amide bonds. The molecule has 0 unspecified atom stereocenters. The van der Waals surface area contributed by atoms with Crippen LogP contribution in [0.4, 0.5) is 0 Å². The van der Waals surface area contributed by atoms with Gasteiger partial charge in [-0.2, -0.15) is 5.10 Å². The van der Waals surface area contributed by atoms with Crippen molar-refractivity contribution in [1.82, 2.24) is 10.6 Å². The molecule has 1 aromatic heterocycles. The Morgan fingerprint density at radius 2 is 1.61 bits per heavy atom. The van der Waals surface area contributed by atoms with Crippen molar-refractivity contribution in [2.75, 3.05) is 0 Å². The van der Waals surface area contributed by atoms with Crippen molar-refractivity contribution in [1.29, 1.82) is 0 Å². The van der Waals surface area contributed by atoms with Crippen LogP contribution in [0.15, 0.2) is 107 Å². The summed E-state index contributed by atoms with van der Waals surface area (Å²) >= 11 is 0. The maximum atomic E-state index is 12.7. The first-order chi connectivity index (χ1) is 17.6. The van der Waals surface area contributed by atoms with E-state index in [-0.39, 0.29) is 0 Å². The Kier molecular flexibility index (Phi) is 6.36. The molecule has 1 N–H and O–H groups in total. The molecular formula is C29H21N3O4. The molecule has 176 valence electrons. The molecule has 0 radical (unpaired) electrons. The van der Waals surface area contributed by atoms with Crippen LogP contribution in [0.1, 0.15) is 32.0 Å². The summed E-state index contributed by atoms with van der Waals surface area (Å²) in [5.41, 5.74) is 5.29. The summed E-state index contributed by atoms with van der Waals surface area (Å²) in [5, 5.41) is 9.87. The lowest BCUT2D eigenvalue weighted by Crippen LogP contribution is -2.18. The monoisotopic (exact) mass is 475 g/mol. The van der Waals surface area contributed by atoms with Crippen molar-refractivity contribution in [2.45, 2.75) is 6.92 Å². The molecule has 0 bridgehead atoms. The number of carbonyl (C=O) groups excluding carboxylic acids is 2. The van der Waals surface area contributed by atoms with Crippen molar-refractivity contribution in [3.05, 3.63) is 120 Å². The van der Waals surface area contributed by atoms with Gasteiger partial charge in [0.05, 0.1) is 11.8 Å². The van der Waals surface area contributed by atoms with Gasteiger partial charge < -0.3 is 9.26 Å². The van der Waals surface area contributed by atoms with E-state index in [0.29, 0.717) is 33.9 Å². The number of carbonyl (C=O) groups is 2. The third-order valence-electron chi connectivity index (χ3n) is 5.62. The van der Waals surface area contributed by atoms with E-state index in [1.807, 2.05) is 66.7 Å². The van der Waals surface area contributed by atoms with Gasteiger partial charge in [-0.15, -0.1) is 0 Å². The number of ether oxygens (including phenoxy) is 1. The van der Waals surface area contributed by atoms with Crippen LogP contribution >= 0.6 is 0 Å². The van der Waals surface area contributed by atoms with Crippen LogP contribution in [-0.4, -0.2) is 23.2 Å². The minimum Gasteiger partial charge on any atom is -0.423 e. The molecule has 0 saturated heterocycles. The highest BCUT2D eigenvalue weighted by molar-refractivity contribution is 6.05. The fourth-order valence-electron chi connectivity index (χ4n) is 3.84. The molecule has 0 spiro atoms. The van der Waals surface area contributed by atoms with E-state index in [9.17, 15) is 9.59 Å². The van der Waals surface area contributed by atoms with Crippen molar-refractivity contribution in [2.24, 2.45) is 5.10 Å². The van der Waals surface area contributed by atoms with Gasteiger partial charge >= 0.3 is 5.97 Å². The first kappa shape index (κ1) is 22.7. The van der Waals surface area contributed by atoms with Crippen LogP contribution in [0.25, 0.3) is 22.0 Å². The van der Waals surface area contributed by atoms with E-state index >= 15 is 0 Å². The summed E-state index contributed by atoms with van der Waals surface area (Å²) in [7, 11) is 0. The van der Waals surface area contributed by atoms with Crippen LogP contribution < -0.4 is 10.2 Å². The second-order valence-corrected chi connectivity index (χ2v) is 8.01. The lowest BCUT2D eigenvalue weighted by Gasteiger charge is -2.07. The number of esters is 1. The Labute approximate surface area is 207 Å². The molecule has 7 nitrogen and oxygen atoms in total. The Hall–Kier alpha value is -5.04. The maximum Gasteiger partial charge on any atom is 0.344 e. The molecule has 5 aromatic rings. The van der Waals surface area contributed by atoms with E-state index in [2.05, 4.69) is 15.7 Å². The highest BCUT2D eigenvalue weighted by atomic mass is 16.5. The molecule has 0 saturated carbocycles. The van der Waals surface area contributed by atoms with Gasteiger partial charge in [-0.05, 0) is 53.6 Å². The number of aromatic nitrogens is 1. The van der Waals surface area contributed by atoms with Crippen molar-refractivity contribution >= 4 is 28.9 Å². The number of benzene rings is 4. The van der Waals surface area contributed by atoms with E-state index in [0.717, 1.165) is 16.3 Å². The number of nitrogens with zero attached hydrogens (tertiary/aromatic N) is 2. The average Bonchev–Trinajstić information content (AvgIpc) is 3.31. The highest BCUT2D eigenvalue weighted by Crippen LogP contribution is 2.25. The predicted octanol–water partition coefficient (Wildman–Crippen LogP) is 5.79. The van der Waals surface area contributed by atoms with E-state index in [1.165, 1.54) is 6.21 Å². The summed E-state index contributed by atoms with van der Waals surface area (Å²) in [6.45, 7) is 1.68. The van der Waals surface area contributed by atoms with Crippen molar-refractivity contribution in [3.8, 4) is 17.0 Å². The molecule has 0 aliphatic rings. The zero-order valence-electron chi connectivity index (χ0n) is 19.3. The predicted molar refractivity (Wildman–Crippen MR) is 137 cm³/mol. The van der Waals surface area contributed by atoms with Gasteiger partial charge in [-0.1, -0.05) is 71.9 Å². The van der Waals surface area contributed by atoms with E-state index in [1.54, 1.807) is 37.3 Å². The SMILES string of the molecule is Cc1onc(-c2ccccc2)c1C(=O)N/N=C/c1ccc(OC(=O)c2cccc3ccccc23)cc1. The third-order valence-corrected chi connectivity index (χ3v) is 5.62. The van der Waals surface area contributed by atoms with Gasteiger partial charge in [-0.3, -0.25) is 4.79 Å². The summed E-state index contributed by atoms with van der Waals surface area (Å²) in [4.78, 5) is 25.5. The second-order valence-electron chi connectivity index (χ2n) is 8.01. The van der Waals surface area contributed by atoms with Gasteiger partial charge in [0.15, 0.2) is 0 Å². The van der Waals surface area contributed by atoms with Gasteiger partial charge in [0.25, 0.3) is 5.91 Å². The number of hydrazone groups is 1.